The van der Waals surface area contributed by atoms with Crippen molar-refractivity contribution in [2.24, 2.45) is 23.7 Å². The molecule has 0 bridgehead atoms. The van der Waals surface area contributed by atoms with E-state index < -0.39 is 191 Å². The zero-order valence-electron chi connectivity index (χ0n) is 55.7. The number of ether oxygens (including phenoxy) is 2. The number of cyclic esters (lactones) is 2. The van der Waals surface area contributed by atoms with E-state index in [0.717, 1.165) is 14.7 Å². The van der Waals surface area contributed by atoms with E-state index >= 15 is 9.59 Å². The Morgan fingerprint density at radius 1 is 0.624 bits per heavy atom. The van der Waals surface area contributed by atoms with Crippen LogP contribution in [0.4, 0.5) is 5.69 Å². The average molecular weight is 1300 g/mol. The number of aryl methyl sites for hydroxylation is 1. The number of nitrogens with two attached hydrogens (primary N) is 1. The summed E-state index contributed by atoms with van der Waals surface area (Å²) in [5.41, 5.74) is 3.40. The molecule has 4 saturated heterocycles. The first kappa shape index (κ1) is 71.4. The summed E-state index contributed by atoms with van der Waals surface area (Å²) in [6.07, 6.45) is -2.25. The van der Waals surface area contributed by atoms with Crippen LogP contribution in [0.1, 0.15) is 133 Å². The number of nitrogen functional groups attached to an aromatic ring is 1. The number of benzene rings is 2. The smallest absolute Gasteiger partial charge is 0.329 e. The molecule has 0 radical (unpaired) electrons. The van der Waals surface area contributed by atoms with Crippen LogP contribution in [0.2, 0.25) is 0 Å². The predicted octanol–water partition coefficient (Wildman–Crippen LogP) is 0.685. The molecule has 29 heteroatoms. The van der Waals surface area contributed by atoms with Crippen molar-refractivity contribution in [1.29, 1.82) is 0 Å². The molecule has 6 N–H and O–H groups in total. The van der Waals surface area contributed by atoms with Gasteiger partial charge in [-0.2, -0.15) is 0 Å². The number of esters is 2. The lowest BCUT2D eigenvalue weighted by molar-refractivity contribution is -0.163. The first-order chi connectivity index (χ1) is 43.5. The van der Waals surface area contributed by atoms with Crippen LogP contribution >= 0.6 is 0 Å². The summed E-state index contributed by atoms with van der Waals surface area (Å²) < 4.78 is 18.3. The summed E-state index contributed by atoms with van der Waals surface area (Å²) in [5.74, 6) is -13.5. The number of ketones is 1. The second kappa shape index (κ2) is 28.9. The Morgan fingerprint density at radius 3 is 1.58 bits per heavy atom. The molecule has 0 spiro atoms. The van der Waals surface area contributed by atoms with Crippen LogP contribution in [0, 0.1) is 37.5 Å². The van der Waals surface area contributed by atoms with Crippen molar-refractivity contribution in [2.45, 2.75) is 176 Å². The van der Waals surface area contributed by atoms with E-state index in [9.17, 15) is 57.5 Å². The van der Waals surface area contributed by atoms with Crippen LogP contribution in [0.5, 0.6) is 0 Å². The molecule has 10 amide bonds. The van der Waals surface area contributed by atoms with E-state index in [-0.39, 0.29) is 66.1 Å². The van der Waals surface area contributed by atoms with Gasteiger partial charge in [0.2, 0.25) is 52.7 Å². The van der Waals surface area contributed by atoms with E-state index in [4.69, 9.17) is 24.6 Å². The highest BCUT2D eigenvalue weighted by Crippen LogP contribution is 2.35. The van der Waals surface area contributed by atoms with Crippen molar-refractivity contribution in [1.82, 2.24) is 55.7 Å². The van der Waals surface area contributed by atoms with Crippen LogP contribution in [-0.4, -0.2) is 226 Å². The number of fused-ring (bicyclic) bond motifs is 4. The van der Waals surface area contributed by atoms with Gasteiger partial charge in [0.05, 0.1) is 29.9 Å². The first-order valence-corrected chi connectivity index (χ1v) is 31.4. The van der Waals surface area contributed by atoms with Crippen LogP contribution < -0.4 is 32.4 Å². The van der Waals surface area contributed by atoms with Gasteiger partial charge in [0.15, 0.2) is 11.3 Å². The maximum atomic E-state index is 15.2. The number of anilines is 1. The molecule has 93 heavy (non-hydrogen) atoms. The molecule has 0 aromatic heterocycles. The molecule has 1 aromatic rings. The van der Waals surface area contributed by atoms with Gasteiger partial charge in [-0.1, -0.05) is 61.5 Å². The molecule has 5 aliphatic heterocycles. The Balaban J connectivity index is 1.33. The molecule has 6 aliphatic rings. The second-order valence-electron chi connectivity index (χ2n) is 26.2. The number of piperidine rings is 2. The van der Waals surface area contributed by atoms with E-state index in [0.29, 0.717) is 18.4 Å². The maximum Gasteiger partial charge on any atom is 0.329 e. The summed E-state index contributed by atoms with van der Waals surface area (Å²) in [4.78, 5) is 213. The van der Waals surface area contributed by atoms with Crippen LogP contribution in [0.3, 0.4) is 0 Å². The Kier molecular flexibility index (Phi) is 22.1. The third kappa shape index (κ3) is 14.8. The summed E-state index contributed by atoms with van der Waals surface area (Å²) in [6.45, 7) is 17.6. The van der Waals surface area contributed by atoms with Crippen molar-refractivity contribution in [2.75, 3.05) is 60.1 Å². The third-order valence-electron chi connectivity index (χ3n) is 17.9. The zero-order chi connectivity index (χ0) is 69.3. The molecule has 1 aromatic carbocycles. The average Bonchev–Trinajstić information content (AvgIpc) is 0.762. The number of rotatable bonds is 8. The van der Waals surface area contributed by atoms with Crippen molar-refractivity contribution in [3.05, 3.63) is 44.6 Å². The predicted molar refractivity (Wildman–Crippen MR) is 335 cm³/mol. The fraction of sp³-hybridized carbons (Fsp3) is 0.609. The molecular weight excluding hydrogens is 1210 g/mol. The number of likely N-dealkylation sites (N-methyl/N-ethyl adjacent to an activating group) is 4. The summed E-state index contributed by atoms with van der Waals surface area (Å²) in [5, 5.41) is 10.6. The summed E-state index contributed by atoms with van der Waals surface area (Å²) >= 11 is 0. The molecule has 1 aliphatic carbocycles. The van der Waals surface area contributed by atoms with Gasteiger partial charge in [-0.05, 0) is 82.3 Å². The standard InChI is InChI=1S/C64H88N12O17/c1-28(2)44-61(87)75-23-18-17-19-38(75)59(85)71(13)26-40(78)73(15)51(31(7)8)64(90)92-35(12)47(58(84)67-44)70-56(82)42-43(65)52(80)33(10)54-49(42)66-48-37(21-20-32(9)53(48)93-54)55(81)69-46-34(11)91-63(89)50(30(5)6)74(16)41(79)27-72(14)60(86)39-25-36(77)22-24-76(39)62(88)45(29(3)4)68-57(46)83/h20-21,28-31,34-35,38-39,44-47,50-51H,17-19,22-27,65H2,1-16H3,(H,67,84)(H,68,83)(H,69,81)(H,70,82). The van der Waals surface area contributed by atoms with Gasteiger partial charge in [-0.25, -0.2) is 14.6 Å². The Morgan fingerprint density at radius 2 is 1.10 bits per heavy atom. The number of carbonyl (C=O) groups is 13. The van der Waals surface area contributed by atoms with Crippen molar-refractivity contribution < 1.29 is 76.2 Å². The van der Waals surface area contributed by atoms with Crippen LogP contribution in [0.25, 0.3) is 22.6 Å². The fourth-order valence-corrected chi connectivity index (χ4v) is 12.5. The molecule has 7 rings (SSSR count). The molecule has 10 unspecified atom stereocenters. The number of aromatic nitrogens is 1. The highest BCUT2D eigenvalue weighted by molar-refractivity contribution is 6.10. The van der Waals surface area contributed by atoms with E-state index in [1.807, 2.05) is 0 Å². The van der Waals surface area contributed by atoms with E-state index in [1.54, 1.807) is 62.3 Å². The molecule has 5 heterocycles. The second-order valence-corrected chi connectivity index (χ2v) is 26.2. The normalized spacial score (nSPS) is 26.0. The minimum atomic E-state index is -1.90. The Bertz CT molecular complexity index is 3550. The number of Topliss-reactive ketones (excluding diaryl/α,β-unsaturated/α-hetero) is 1. The van der Waals surface area contributed by atoms with E-state index in [2.05, 4.69) is 21.3 Å². The molecular formula is C64H88N12O17. The number of nitrogens with one attached hydrogen (secondary N) is 4. The van der Waals surface area contributed by atoms with Gasteiger partial charge in [-0.3, -0.25) is 57.5 Å². The van der Waals surface area contributed by atoms with Crippen LogP contribution in [-0.2, 0) is 62.2 Å². The highest BCUT2D eigenvalue weighted by Gasteiger charge is 2.47. The lowest BCUT2D eigenvalue weighted by atomic mass is 9.95. The van der Waals surface area contributed by atoms with Gasteiger partial charge >= 0.3 is 11.9 Å². The van der Waals surface area contributed by atoms with Crippen molar-refractivity contribution in [3.63, 3.8) is 0 Å². The number of hydrogen-bond donors (Lipinski definition) is 5. The quantitative estimate of drug-likeness (QED) is 0.118. The fourth-order valence-electron chi connectivity index (χ4n) is 12.5. The monoisotopic (exact) mass is 1300 g/mol. The van der Waals surface area contributed by atoms with Gasteiger partial charge in [-0.15, -0.1) is 0 Å². The molecule has 4 fully saturated rings. The number of hydrogen-bond acceptors (Lipinski definition) is 19. The third-order valence-corrected chi connectivity index (χ3v) is 17.9. The SMILES string of the molecule is Cc1c2oc3c(C)ccc(C(=O)NC4C(=O)NC(C(C)C)C(=O)N5CCC(=O)CC5C(=O)N(C)CC(=O)N(C)C(C(C)C)C(=O)OC4C)c3nc-2c(C(=O)NC2C(=O)NC(C(C)C)C(=O)N3CCCCC3C(=O)N(C)CC(=O)N(C)C(C(C)C)C(=O)OC2C)c(N)c1=O. The first-order valence-electron chi connectivity index (χ1n) is 31.4. The summed E-state index contributed by atoms with van der Waals surface area (Å²) in [6, 6.07) is -8.64. The van der Waals surface area contributed by atoms with Gasteiger partial charge < -0.3 is 70.3 Å². The van der Waals surface area contributed by atoms with Crippen molar-refractivity contribution in [3.8, 4) is 11.5 Å². The molecule has 0 saturated carbocycles. The molecule has 10 atom stereocenters. The highest BCUT2D eigenvalue weighted by atomic mass is 16.6. The van der Waals surface area contributed by atoms with E-state index in [1.165, 1.54) is 75.8 Å². The number of carbonyl (C=O) groups excluding carboxylic acids is 13. The lowest BCUT2D eigenvalue weighted by Gasteiger charge is -2.40. The lowest BCUT2D eigenvalue weighted by Crippen LogP contribution is -2.63. The minimum absolute atomic E-state index is 0.0980. The molecule has 29 nitrogen and oxygen atoms in total. The van der Waals surface area contributed by atoms with Gasteiger partial charge in [0.25, 0.3) is 11.8 Å². The van der Waals surface area contributed by atoms with Crippen LogP contribution in [0.15, 0.2) is 21.3 Å². The Labute approximate surface area is 539 Å². The van der Waals surface area contributed by atoms with Gasteiger partial charge in [0.1, 0.15) is 77.5 Å². The Hall–Kier alpha value is -9.05. The largest absolute Gasteiger partial charge is 0.458 e. The summed E-state index contributed by atoms with van der Waals surface area (Å²) in [7, 11) is 5.45. The molecule has 506 valence electrons. The van der Waals surface area contributed by atoms with Gasteiger partial charge in [0, 0.05) is 59.7 Å². The number of amides is 10. The number of nitrogens with zero attached hydrogens (tertiary/aromatic N) is 7. The zero-order valence-corrected chi connectivity index (χ0v) is 55.7. The minimum Gasteiger partial charge on any atom is -0.458 e. The maximum absolute atomic E-state index is 15.2. The van der Waals surface area contributed by atoms with Crippen molar-refractivity contribution >= 4 is 93.6 Å². The topological polar surface area (TPSA) is 377 Å².